The molecule has 0 amide bonds. The topological polar surface area (TPSA) is 26.3 Å². The van der Waals surface area contributed by atoms with Gasteiger partial charge < -0.3 is 4.74 Å². The van der Waals surface area contributed by atoms with Crippen LogP contribution in [0.4, 0.5) is 0 Å². The maximum absolute atomic E-state index is 12.7. The van der Waals surface area contributed by atoms with Crippen LogP contribution in [0.2, 0.25) is 5.02 Å². The van der Waals surface area contributed by atoms with Crippen LogP contribution in [0.25, 0.3) is 6.08 Å². The first kappa shape index (κ1) is 13.9. The molecule has 2 nitrogen and oxygen atoms in total. The minimum Gasteiger partial charge on any atom is -0.492 e. The van der Waals surface area contributed by atoms with Crippen LogP contribution in [0.1, 0.15) is 27.9 Å². The van der Waals surface area contributed by atoms with Gasteiger partial charge in [0.25, 0.3) is 0 Å². The Kier molecular flexibility index (Phi) is 3.80. The summed E-state index contributed by atoms with van der Waals surface area (Å²) in [7, 11) is 0. The van der Waals surface area contributed by atoms with Crippen molar-refractivity contribution in [2.24, 2.45) is 0 Å². The highest BCUT2D eigenvalue weighted by Gasteiger charge is 2.21. The van der Waals surface area contributed by atoms with E-state index in [1.54, 1.807) is 0 Å². The first-order valence-electron chi connectivity index (χ1n) is 6.88. The lowest BCUT2D eigenvalue weighted by atomic mass is 9.98. The second kappa shape index (κ2) is 5.74. The van der Waals surface area contributed by atoms with Crippen LogP contribution in [-0.2, 0) is 0 Å². The van der Waals surface area contributed by atoms with E-state index in [4.69, 9.17) is 16.3 Å². The number of halogens is 1. The molecule has 0 saturated carbocycles. The Balaban J connectivity index is 2.00. The minimum atomic E-state index is 0.0427. The fourth-order valence-electron chi connectivity index (χ4n) is 2.40. The van der Waals surface area contributed by atoms with E-state index in [-0.39, 0.29) is 5.78 Å². The number of carbonyl (C=O) groups excluding carboxylic acids is 1. The van der Waals surface area contributed by atoms with Gasteiger partial charge in [-0.3, -0.25) is 4.79 Å². The first-order chi connectivity index (χ1) is 10.1. The largest absolute Gasteiger partial charge is 0.492 e. The lowest BCUT2D eigenvalue weighted by Crippen LogP contribution is -2.02. The van der Waals surface area contributed by atoms with Gasteiger partial charge >= 0.3 is 0 Å². The standard InChI is InChI=1S/C18H15ClO2/c1-12-2-7-17-16(10-12)18(20)14(8-9-21-17)11-13-3-5-15(19)6-4-13/h2-7,10-11H,8-9H2,1H3/b14-11-. The molecule has 0 fully saturated rings. The summed E-state index contributed by atoms with van der Waals surface area (Å²) in [6.07, 6.45) is 2.52. The molecule has 0 unspecified atom stereocenters. The van der Waals surface area contributed by atoms with E-state index in [1.807, 2.05) is 55.5 Å². The van der Waals surface area contributed by atoms with Gasteiger partial charge in [-0.25, -0.2) is 0 Å². The highest BCUT2D eigenvalue weighted by atomic mass is 35.5. The summed E-state index contributed by atoms with van der Waals surface area (Å²) in [4.78, 5) is 12.7. The van der Waals surface area contributed by atoms with Crippen molar-refractivity contribution in [2.45, 2.75) is 13.3 Å². The molecule has 0 N–H and O–H groups in total. The fraction of sp³-hybridized carbons (Fsp3) is 0.167. The number of ether oxygens (including phenoxy) is 1. The van der Waals surface area contributed by atoms with Gasteiger partial charge in [0.05, 0.1) is 12.2 Å². The summed E-state index contributed by atoms with van der Waals surface area (Å²) in [6, 6.07) is 13.2. The number of rotatable bonds is 1. The highest BCUT2D eigenvalue weighted by Crippen LogP contribution is 2.28. The highest BCUT2D eigenvalue weighted by molar-refractivity contribution is 6.30. The van der Waals surface area contributed by atoms with E-state index in [0.717, 1.165) is 16.7 Å². The second-order valence-electron chi connectivity index (χ2n) is 5.15. The van der Waals surface area contributed by atoms with E-state index in [2.05, 4.69) is 0 Å². The van der Waals surface area contributed by atoms with Gasteiger partial charge in [0, 0.05) is 17.0 Å². The van der Waals surface area contributed by atoms with Crippen molar-refractivity contribution in [1.29, 1.82) is 0 Å². The lowest BCUT2D eigenvalue weighted by molar-refractivity contribution is 0.103. The summed E-state index contributed by atoms with van der Waals surface area (Å²) in [5.74, 6) is 0.714. The molecule has 106 valence electrons. The normalized spacial score (nSPS) is 16.3. The second-order valence-corrected chi connectivity index (χ2v) is 5.58. The number of carbonyl (C=O) groups is 1. The number of hydrogen-bond acceptors (Lipinski definition) is 2. The molecule has 3 rings (SSSR count). The zero-order chi connectivity index (χ0) is 14.8. The summed E-state index contributed by atoms with van der Waals surface area (Å²) in [5.41, 5.74) is 3.44. The number of ketones is 1. The van der Waals surface area contributed by atoms with Gasteiger partial charge in [-0.05, 0) is 42.8 Å². The van der Waals surface area contributed by atoms with Crippen molar-refractivity contribution in [1.82, 2.24) is 0 Å². The monoisotopic (exact) mass is 298 g/mol. The molecule has 0 aromatic heterocycles. The summed E-state index contributed by atoms with van der Waals surface area (Å²) in [5, 5.41) is 0.689. The third-order valence-corrected chi connectivity index (χ3v) is 3.76. The van der Waals surface area contributed by atoms with Gasteiger partial charge in [-0.15, -0.1) is 0 Å². The van der Waals surface area contributed by atoms with Crippen LogP contribution < -0.4 is 4.74 Å². The zero-order valence-electron chi connectivity index (χ0n) is 11.7. The molecule has 0 radical (unpaired) electrons. The summed E-state index contributed by atoms with van der Waals surface area (Å²) in [6.45, 7) is 2.49. The fourth-order valence-corrected chi connectivity index (χ4v) is 2.53. The molecule has 1 aliphatic rings. The Hall–Kier alpha value is -2.06. The molecule has 2 aromatic carbocycles. The van der Waals surface area contributed by atoms with E-state index in [0.29, 0.717) is 29.4 Å². The van der Waals surface area contributed by atoms with E-state index >= 15 is 0 Å². The number of Topliss-reactive ketones (excluding diaryl/α,β-unsaturated/α-hetero) is 1. The Morgan fingerprint density at radius 3 is 2.67 bits per heavy atom. The van der Waals surface area contributed by atoms with E-state index in [1.165, 1.54) is 0 Å². The molecule has 0 bridgehead atoms. The predicted octanol–water partition coefficient (Wildman–Crippen LogP) is 4.70. The average molecular weight is 299 g/mol. The molecule has 0 aliphatic carbocycles. The van der Waals surface area contributed by atoms with E-state index in [9.17, 15) is 4.79 Å². The Labute approximate surface area is 129 Å². The van der Waals surface area contributed by atoms with Gasteiger partial charge in [-0.2, -0.15) is 0 Å². The first-order valence-corrected chi connectivity index (χ1v) is 7.25. The molecule has 2 aromatic rings. The lowest BCUT2D eigenvalue weighted by Gasteiger charge is -2.06. The van der Waals surface area contributed by atoms with Gasteiger partial charge in [0.15, 0.2) is 5.78 Å². The van der Waals surface area contributed by atoms with Crippen LogP contribution in [0.3, 0.4) is 0 Å². The Morgan fingerprint density at radius 1 is 1.14 bits per heavy atom. The SMILES string of the molecule is Cc1ccc2c(c1)C(=O)/C(=C\c1ccc(Cl)cc1)CCO2. The van der Waals surface area contributed by atoms with Gasteiger partial charge in [0.2, 0.25) is 0 Å². The zero-order valence-corrected chi connectivity index (χ0v) is 12.5. The van der Waals surface area contributed by atoms with Crippen LogP contribution in [-0.4, -0.2) is 12.4 Å². The molecule has 3 heteroatoms. The maximum atomic E-state index is 12.7. The van der Waals surface area contributed by atoms with Crippen molar-refractivity contribution < 1.29 is 9.53 Å². The number of benzene rings is 2. The summed E-state index contributed by atoms with van der Waals surface area (Å²) >= 11 is 5.89. The van der Waals surface area contributed by atoms with Crippen molar-refractivity contribution in [3.63, 3.8) is 0 Å². The Bertz CT molecular complexity index is 714. The molecule has 0 saturated heterocycles. The molecule has 0 atom stereocenters. The van der Waals surface area contributed by atoms with Crippen LogP contribution >= 0.6 is 11.6 Å². The molecule has 1 aliphatic heterocycles. The molecule has 1 heterocycles. The Morgan fingerprint density at radius 2 is 1.90 bits per heavy atom. The number of aryl methyl sites for hydroxylation is 1. The average Bonchev–Trinajstić information content (AvgIpc) is 2.62. The van der Waals surface area contributed by atoms with Gasteiger partial charge in [0.1, 0.15) is 5.75 Å². The molecular formula is C18H15ClO2. The van der Waals surface area contributed by atoms with Crippen LogP contribution in [0, 0.1) is 6.92 Å². The summed E-state index contributed by atoms with van der Waals surface area (Å²) < 4.78 is 5.68. The van der Waals surface area contributed by atoms with Crippen molar-refractivity contribution >= 4 is 23.5 Å². The third-order valence-electron chi connectivity index (χ3n) is 3.51. The minimum absolute atomic E-state index is 0.0427. The van der Waals surface area contributed by atoms with E-state index < -0.39 is 0 Å². The quantitative estimate of drug-likeness (QED) is 0.714. The van der Waals surface area contributed by atoms with Crippen LogP contribution in [0.5, 0.6) is 5.75 Å². The third kappa shape index (κ3) is 3.01. The van der Waals surface area contributed by atoms with Crippen molar-refractivity contribution in [3.05, 3.63) is 69.8 Å². The number of hydrogen-bond donors (Lipinski definition) is 0. The smallest absolute Gasteiger partial charge is 0.192 e. The van der Waals surface area contributed by atoms with Gasteiger partial charge in [-0.1, -0.05) is 35.4 Å². The molecule has 21 heavy (non-hydrogen) atoms. The molecule has 0 spiro atoms. The predicted molar refractivity (Wildman–Crippen MR) is 85.1 cm³/mol. The number of fused-ring (bicyclic) bond motifs is 1. The van der Waals surface area contributed by atoms with Crippen molar-refractivity contribution in [3.8, 4) is 5.75 Å². The maximum Gasteiger partial charge on any atom is 0.192 e. The van der Waals surface area contributed by atoms with Crippen molar-refractivity contribution in [2.75, 3.05) is 6.61 Å². The molecular weight excluding hydrogens is 284 g/mol. The van der Waals surface area contributed by atoms with Crippen LogP contribution in [0.15, 0.2) is 48.0 Å².